The Kier molecular flexibility index (Phi) is 4.22. The highest BCUT2D eigenvalue weighted by Crippen LogP contribution is 2.23. The largest absolute Gasteiger partial charge is 0.398 e. The third-order valence-electron chi connectivity index (χ3n) is 4.44. The van der Waals surface area contributed by atoms with E-state index < -0.39 is 0 Å². The van der Waals surface area contributed by atoms with Crippen LogP contribution in [0.4, 0.5) is 5.69 Å². The first-order chi connectivity index (χ1) is 9.83. The monoisotopic (exact) mass is 268 g/mol. The zero-order valence-corrected chi connectivity index (χ0v) is 12.1. The third kappa shape index (κ3) is 3.13. The summed E-state index contributed by atoms with van der Waals surface area (Å²) in [6, 6.07) is 13.4. The summed E-state index contributed by atoms with van der Waals surface area (Å²) >= 11 is 0. The predicted octanol–water partition coefficient (Wildman–Crippen LogP) is 4.23. The van der Waals surface area contributed by atoms with E-state index in [-0.39, 0.29) is 0 Å². The normalized spacial score (nSPS) is 17.2. The van der Waals surface area contributed by atoms with Gasteiger partial charge in [0.25, 0.3) is 0 Å². The van der Waals surface area contributed by atoms with Gasteiger partial charge in [0.2, 0.25) is 0 Å². The van der Waals surface area contributed by atoms with Crippen LogP contribution < -0.4 is 11.1 Å². The molecule has 106 valence electrons. The van der Waals surface area contributed by atoms with Gasteiger partial charge in [0.1, 0.15) is 0 Å². The lowest BCUT2D eigenvalue weighted by atomic mass is 10.0. The van der Waals surface area contributed by atoms with Gasteiger partial charge in [-0.05, 0) is 41.3 Å². The summed E-state index contributed by atoms with van der Waals surface area (Å²) in [5.74, 6) is 0. The first-order valence-corrected chi connectivity index (χ1v) is 7.83. The molecule has 1 fully saturated rings. The highest BCUT2D eigenvalue weighted by atomic mass is 14.9. The van der Waals surface area contributed by atoms with Gasteiger partial charge in [0.15, 0.2) is 0 Å². The van der Waals surface area contributed by atoms with Gasteiger partial charge in [0, 0.05) is 18.3 Å². The van der Waals surface area contributed by atoms with Crippen molar-refractivity contribution in [3.63, 3.8) is 0 Å². The predicted molar refractivity (Wildman–Crippen MR) is 86.7 cm³/mol. The molecule has 3 N–H and O–H groups in total. The molecule has 0 amide bonds. The van der Waals surface area contributed by atoms with Gasteiger partial charge < -0.3 is 11.1 Å². The molecule has 0 radical (unpaired) electrons. The fourth-order valence-corrected chi connectivity index (χ4v) is 3.20. The van der Waals surface area contributed by atoms with E-state index in [1.54, 1.807) is 0 Å². The standard InChI is InChI=1S/C18H24N2/c19-18-12-15-8-6-5-7-14(15)11-16(18)13-20-17-9-3-1-2-4-10-17/h5-8,11-12,17,20H,1-4,9-10,13,19H2. The maximum absolute atomic E-state index is 6.19. The van der Waals surface area contributed by atoms with Crippen LogP contribution in [0.3, 0.4) is 0 Å². The number of nitrogens with two attached hydrogens (primary N) is 1. The number of nitrogen functional groups attached to an aromatic ring is 1. The minimum atomic E-state index is 0.670. The molecule has 0 unspecified atom stereocenters. The summed E-state index contributed by atoms with van der Waals surface area (Å²) < 4.78 is 0. The summed E-state index contributed by atoms with van der Waals surface area (Å²) in [5.41, 5.74) is 8.33. The van der Waals surface area contributed by atoms with E-state index in [1.807, 2.05) is 0 Å². The second kappa shape index (κ2) is 6.27. The topological polar surface area (TPSA) is 38.0 Å². The summed E-state index contributed by atoms with van der Waals surface area (Å²) in [5, 5.41) is 6.21. The molecular weight excluding hydrogens is 244 g/mol. The van der Waals surface area contributed by atoms with E-state index in [0.717, 1.165) is 12.2 Å². The Balaban J connectivity index is 1.71. The average molecular weight is 268 g/mol. The van der Waals surface area contributed by atoms with Crippen LogP contribution in [-0.4, -0.2) is 6.04 Å². The minimum absolute atomic E-state index is 0.670. The highest BCUT2D eigenvalue weighted by molar-refractivity contribution is 5.86. The average Bonchev–Trinajstić information content (AvgIpc) is 2.74. The molecule has 2 aromatic rings. The molecule has 3 rings (SSSR count). The lowest BCUT2D eigenvalue weighted by Crippen LogP contribution is -2.28. The van der Waals surface area contributed by atoms with Gasteiger partial charge in [-0.25, -0.2) is 0 Å². The summed E-state index contributed by atoms with van der Waals surface area (Å²) in [6.07, 6.45) is 8.16. The van der Waals surface area contributed by atoms with E-state index in [2.05, 4.69) is 41.7 Å². The fraction of sp³-hybridized carbons (Fsp3) is 0.444. The van der Waals surface area contributed by atoms with E-state index in [4.69, 9.17) is 5.73 Å². The highest BCUT2D eigenvalue weighted by Gasteiger charge is 2.12. The van der Waals surface area contributed by atoms with Crippen LogP contribution in [0.15, 0.2) is 36.4 Å². The zero-order valence-electron chi connectivity index (χ0n) is 12.1. The van der Waals surface area contributed by atoms with Gasteiger partial charge in [-0.2, -0.15) is 0 Å². The van der Waals surface area contributed by atoms with Crippen LogP contribution in [0.5, 0.6) is 0 Å². The van der Waals surface area contributed by atoms with Crippen molar-refractivity contribution in [2.45, 2.75) is 51.1 Å². The number of hydrogen-bond donors (Lipinski definition) is 2. The number of benzene rings is 2. The van der Waals surface area contributed by atoms with Crippen LogP contribution >= 0.6 is 0 Å². The molecule has 2 aromatic carbocycles. The Hall–Kier alpha value is -1.54. The Bertz CT molecular complexity index is 569. The summed E-state index contributed by atoms with van der Waals surface area (Å²) in [4.78, 5) is 0. The second-order valence-corrected chi connectivity index (χ2v) is 5.97. The van der Waals surface area contributed by atoms with Crippen LogP contribution in [0.1, 0.15) is 44.1 Å². The first-order valence-electron chi connectivity index (χ1n) is 7.83. The summed E-state index contributed by atoms with van der Waals surface area (Å²) in [6.45, 7) is 0.890. The molecule has 0 atom stereocenters. The fourth-order valence-electron chi connectivity index (χ4n) is 3.20. The molecular formula is C18H24N2. The van der Waals surface area contributed by atoms with Crippen LogP contribution in [0.2, 0.25) is 0 Å². The number of hydrogen-bond acceptors (Lipinski definition) is 2. The summed E-state index contributed by atoms with van der Waals surface area (Å²) in [7, 11) is 0. The van der Waals surface area contributed by atoms with Crippen molar-refractivity contribution in [1.29, 1.82) is 0 Å². The number of fused-ring (bicyclic) bond motifs is 1. The van der Waals surface area contributed by atoms with E-state index in [1.165, 1.54) is 54.9 Å². The van der Waals surface area contributed by atoms with Crippen molar-refractivity contribution in [3.05, 3.63) is 42.0 Å². The van der Waals surface area contributed by atoms with Gasteiger partial charge in [-0.1, -0.05) is 49.9 Å². The molecule has 0 aromatic heterocycles. The maximum Gasteiger partial charge on any atom is 0.0366 e. The third-order valence-corrected chi connectivity index (χ3v) is 4.44. The SMILES string of the molecule is Nc1cc2ccccc2cc1CNC1CCCCCC1. The molecule has 20 heavy (non-hydrogen) atoms. The maximum atomic E-state index is 6.19. The first kappa shape index (κ1) is 13.4. The molecule has 0 saturated heterocycles. The van der Waals surface area contributed by atoms with E-state index >= 15 is 0 Å². The van der Waals surface area contributed by atoms with Gasteiger partial charge in [0.05, 0.1) is 0 Å². The Morgan fingerprint density at radius 3 is 2.30 bits per heavy atom. The Morgan fingerprint density at radius 2 is 1.60 bits per heavy atom. The lowest BCUT2D eigenvalue weighted by molar-refractivity contribution is 0.459. The molecule has 1 aliphatic rings. The van der Waals surface area contributed by atoms with E-state index in [0.29, 0.717) is 6.04 Å². The van der Waals surface area contributed by atoms with Gasteiger partial charge in [-0.3, -0.25) is 0 Å². The molecule has 0 aliphatic heterocycles. The van der Waals surface area contributed by atoms with Gasteiger partial charge >= 0.3 is 0 Å². The number of anilines is 1. The Labute approximate surface area is 121 Å². The molecule has 1 aliphatic carbocycles. The van der Waals surface area contributed by atoms with Crippen molar-refractivity contribution in [1.82, 2.24) is 5.32 Å². The number of nitrogens with one attached hydrogen (secondary N) is 1. The molecule has 2 nitrogen and oxygen atoms in total. The zero-order chi connectivity index (χ0) is 13.8. The Morgan fingerprint density at radius 1 is 0.950 bits per heavy atom. The van der Waals surface area contributed by atoms with Crippen LogP contribution in [-0.2, 0) is 6.54 Å². The lowest BCUT2D eigenvalue weighted by Gasteiger charge is -2.17. The molecule has 0 bridgehead atoms. The van der Waals surface area contributed by atoms with Crippen molar-refractivity contribution in [2.75, 3.05) is 5.73 Å². The van der Waals surface area contributed by atoms with Crippen LogP contribution in [0, 0.1) is 0 Å². The van der Waals surface area contributed by atoms with E-state index in [9.17, 15) is 0 Å². The van der Waals surface area contributed by atoms with Crippen molar-refractivity contribution in [2.24, 2.45) is 0 Å². The number of rotatable bonds is 3. The molecule has 1 saturated carbocycles. The molecule has 0 heterocycles. The quantitative estimate of drug-likeness (QED) is 0.645. The van der Waals surface area contributed by atoms with Gasteiger partial charge in [-0.15, -0.1) is 0 Å². The molecule has 2 heteroatoms. The van der Waals surface area contributed by atoms with Crippen molar-refractivity contribution < 1.29 is 0 Å². The second-order valence-electron chi connectivity index (χ2n) is 5.97. The smallest absolute Gasteiger partial charge is 0.0366 e. The van der Waals surface area contributed by atoms with Crippen LogP contribution in [0.25, 0.3) is 10.8 Å². The van der Waals surface area contributed by atoms with Crippen molar-refractivity contribution >= 4 is 16.5 Å². The van der Waals surface area contributed by atoms with Crippen molar-refractivity contribution in [3.8, 4) is 0 Å². The minimum Gasteiger partial charge on any atom is -0.398 e. The molecule has 0 spiro atoms.